The van der Waals surface area contributed by atoms with Gasteiger partial charge < -0.3 is 5.32 Å². The zero-order chi connectivity index (χ0) is 13.7. The van der Waals surface area contributed by atoms with Crippen molar-refractivity contribution in [3.05, 3.63) is 29.6 Å². The van der Waals surface area contributed by atoms with E-state index in [1.165, 1.54) is 32.1 Å². The van der Waals surface area contributed by atoms with Gasteiger partial charge in [0.05, 0.1) is 11.3 Å². The Morgan fingerprint density at radius 1 is 1.42 bits per heavy atom. The van der Waals surface area contributed by atoms with Crippen molar-refractivity contribution in [3.8, 4) is 0 Å². The van der Waals surface area contributed by atoms with Gasteiger partial charge in [-0.15, -0.1) is 0 Å². The number of carbonyl (C=O) groups is 1. The minimum absolute atomic E-state index is 0.00769. The minimum atomic E-state index is -0.00769. The summed E-state index contributed by atoms with van der Waals surface area (Å²) >= 11 is 3.35. The van der Waals surface area contributed by atoms with Gasteiger partial charge in [0.2, 0.25) is 0 Å². The molecule has 1 fully saturated rings. The predicted molar refractivity (Wildman–Crippen MR) is 80.4 cm³/mol. The molecule has 0 saturated heterocycles. The van der Waals surface area contributed by atoms with Crippen LogP contribution in [-0.2, 0) is 5.33 Å². The zero-order valence-electron chi connectivity index (χ0n) is 11.4. The summed E-state index contributed by atoms with van der Waals surface area (Å²) in [5.41, 5.74) is 1.59. The Labute approximate surface area is 123 Å². The fraction of sp³-hybridized carbons (Fsp3) is 0.600. The van der Waals surface area contributed by atoms with Crippen molar-refractivity contribution in [3.63, 3.8) is 0 Å². The van der Waals surface area contributed by atoms with Gasteiger partial charge in [0.25, 0.3) is 5.91 Å². The molecule has 3 nitrogen and oxygen atoms in total. The number of amides is 1. The van der Waals surface area contributed by atoms with E-state index in [0.29, 0.717) is 16.8 Å². The predicted octanol–water partition coefficient (Wildman–Crippen LogP) is 3.68. The molecule has 1 aromatic rings. The molecule has 1 aromatic heterocycles. The number of aromatic nitrogens is 1. The number of pyridine rings is 1. The summed E-state index contributed by atoms with van der Waals surface area (Å²) in [6, 6.07) is 3.98. The van der Waals surface area contributed by atoms with Gasteiger partial charge in [0, 0.05) is 17.6 Å². The first-order valence-corrected chi connectivity index (χ1v) is 8.14. The van der Waals surface area contributed by atoms with E-state index in [-0.39, 0.29) is 11.9 Å². The minimum Gasteiger partial charge on any atom is -0.349 e. The lowest BCUT2D eigenvalue weighted by Gasteiger charge is -2.28. The first kappa shape index (κ1) is 14.5. The van der Waals surface area contributed by atoms with Crippen LogP contribution in [0.2, 0.25) is 0 Å². The summed E-state index contributed by atoms with van der Waals surface area (Å²) in [4.78, 5) is 16.4. The van der Waals surface area contributed by atoms with Crippen molar-refractivity contribution in [1.29, 1.82) is 0 Å². The van der Waals surface area contributed by atoms with E-state index in [1.54, 1.807) is 6.20 Å². The van der Waals surface area contributed by atoms with Gasteiger partial charge in [-0.1, -0.05) is 35.2 Å². The summed E-state index contributed by atoms with van der Waals surface area (Å²) in [5.74, 6) is 0.624. The average molecular weight is 325 g/mol. The highest BCUT2D eigenvalue weighted by molar-refractivity contribution is 9.08. The highest BCUT2D eigenvalue weighted by Crippen LogP contribution is 2.26. The van der Waals surface area contributed by atoms with Gasteiger partial charge >= 0.3 is 0 Å². The molecule has 0 aliphatic heterocycles. The molecule has 0 spiro atoms. The molecule has 1 aliphatic rings. The molecule has 0 radical (unpaired) electrons. The van der Waals surface area contributed by atoms with Crippen LogP contribution in [0, 0.1) is 5.92 Å². The smallest absolute Gasteiger partial charge is 0.253 e. The number of nitrogens with zero attached hydrogens (tertiary/aromatic N) is 1. The average Bonchev–Trinajstić information content (AvgIpc) is 2.48. The fourth-order valence-corrected chi connectivity index (χ4v) is 3.01. The molecule has 0 bridgehead atoms. The van der Waals surface area contributed by atoms with Gasteiger partial charge in [-0.05, 0) is 37.8 Å². The molecule has 19 heavy (non-hydrogen) atoms. The summed E-state index contributed by atoms with van der Waals surface area (Å²) in [7, 11) is 0. The van der Waals surface area contributed by atoms with Crippen LogP contribution in [0.15, 0.2) is 18.3 Å². The highest BCUT2D eigenvalue weighted by atomic mass is 79.9. The lowest BCUT2D eigenvalue weighted by molar-refractivity contribution is 0.0919. The Hall–Kier alpha value is -0.900. The third-order valence-corrected chi connectivity index (χ3v) is 4.51. The first-order chi connectivity index (χ1) is 9.20. The lowest BCUT2D eigenvalue weighted by Crippen LogP contribution is -2.38. The van der Waals surface area contributed by atoms with Gasteiger partial charge in [-0.3, -0.25) is 9.78 Å². The molecule has 1 atom stereocenters. The van der Waals surface area contributed by atoms with E-state index in [4.69, 9.17) is 0 Å². The SMILES string of the molecule is CC(NC(=O)c1ccc(CBr)nc1)C1CCCCC1. The third kappa shape index (κ3) is 4.03. The van der Waals surface area contributed by atoms with Crippen LogP contribution in [0.1, 0.15) is 55.1 Å². The molecule has 1 saturated carbocycles. The molecular formula is C15H21BrN2O. The van der Waals surface area contributed by atoms with Crippen LogP contribution in [-0.4, -0.2) is 16.9 Å². The van der Waals surface area contributed by atoms with Crippen LogP contribution in [0.5, 0.6) is 0 Å². The second kappa shape index (κ2) is 7.04. The summed E-state index contributed by atoms with van der Waals surface area (Å²) in [6.45, 7) is 2.12. The van der Waals surface area contributed by atoms with Crippen LogP contribution >= 0.6 is 15.9 Å². The molecule has 104 valence electrons. The first-order valence-electron chi connectivity index (χ1n) is 7.02. The normalized spacial score (nSPS) is 18.0. The molecule has 2 rings (SSSR count). The summed E-state index contributed by atoms with van der Waals surface area (Å²) in [6.07, 6.45) is 8.07. The van der Waals surface area contributed by atoms with Crippen LogP contribution in [0.25, 0.3) is 0 Å². The van der Waals surface area contributed by atoms with Crippen molar-refractivity contribution in [2.45, 2.75) is 50.4 Å². The van der Waals surface area contributed by atoms with Crippen LogP contribution in [0.3, 0.4) is 0 Å². The lowest BCUT2D eigenvalue weighted by atomic mass is 9.84. The largest absolute Gasteiger partial charge is 0.349 e. The van der Waals surface area contributed by atoms with E-state index in [0.717, 1.165) is 5.69 Å². The molecule has 1 heterocycles. The third-order valence-electron chi connectivity index (χ3n) is 3.94. The Balaban J connectivity index is 1.91. The monoisotopic (exact) mass is 324 g/mol. The molecule has 1 aliphatic carbocycles. The topological polar surface area (TPSA) is 42.0 Å². The molecule has 1 N–H and O–H groups in total. The maximum absolute atomic E-state index is 12.1. The maximum atomic E-state index is 12.1. The second-order valence-electron chi connectivity index (χ2n) is 5.33. The summed E-state index contributed by atoms with van der Waals surface area (Å²) in [5, 5.41) is 3.83. The van der Waals surface area contributed by atoms with Gasteiger partial charge in [-0.2, -0.15) is 0 Å². The second-order valence-corrected chi connectivity index (χ2v) is 5.89. The van der Waals surface area contributed by atoms with Crippen LogP contribution in [0.4, 0.5) is 0 Å². The Morgan fingerprint density at radius 3 is 2.74 bits per heavy atom. The van der Waals surface area contributed by atoms with Crippen molar-refractivity contribution >= 4 is 21.8 Å². The molecule has 0 aromatic carbocycles. The number of rotatable bonds is 4. The van der Waals surface area contributed by atoms with E-state index in [2.05, 4.69) is 33.2 Å². The molecular weight excluding hydrogens is 304 g/mol. The van der Waals surface area contributed by atoms with E-state index in [9.17, 15) is 4.79 Å². The van der Waals surface area contributed by atoms with E-state index >= 15 is 0 Å². The number of halogens is 1. The quantitative estimate of drug-likeness (QED) is 0.858. The van der Waals surface area contributed by atoms with Crippen molar-refractivity contribution < 1.29 is 4.79 Å². The molecule has 4 heteroatoms. The fourth-order valence-electron chi connectivity index (χ4n) is 2.68. The number of hydrogen-bond donors (Lipinski definition) is 1. The number of carbonyl (C=O) groups excluding carboxylic acids is 1. The Bertz CT molecular complexity index is 413. The molecule has 1 unspecified atom stereocenters. The maximum Gasteiger partial charge on any atom is 0.253 e. The van der Waals surface area contributed by atoms with E-state index < -0.39 is 0 Å². The Kier molecular flexibility index (Phi) is 5.37. The van der Waals surface area contributed by atoms with Crippen molar-refractivity contribution in [2.24, 2.45) is 5.92 Å². The van der Waals surface area contributed by atoms with Crippen LogP contribution < -0.4 is 5.32 Å². The zero-order valence-corrected chi connectivity index (χ0v) is 12.9. The number of hydrogen-bond acceptors (Lipinski definition) is 2. The standard InChI is InChI=1S/C15H21BrN2O/c1-11(12-5-3-2-4-6-12)18-15(19)13-7-8-14(9-16)17-10-13/h7-8,10-12H,2-6,9H2,1H3,(H,18,19). The van der Waals surface area contributed by atoms with Crippen molar-refractivity contribution in [1.82, 2.24) is 10.3 Å². The number of nitrogens with one attached hydrogen (secondary N) is 1. The highest BCUT2D eigenvalue weighted by Gasteiger charge is 2.21. The van der Waals surface area contributed by atoms with Gasteiger partial charge in [0.15, 0.2) is 0 Å². The van der Waals surface area contributed by atoms with Gasteiger partial charge in [-0.25, -0.2) is 0 Å². The number of alkyl halides is 1. The Morgan fingerprint density at radius 2 is 2.16 bits per heavy atom. The van der Waals surface area contributed by atoms with E-state index in [1.807, 2.05) is 12.1 Å². The summed E-state index contributed by atoms with van der Waals surface area (Å²) < 4.78 is 0. The van der Waals surface area contributed by atoms with Crippen molar-refractivity contribution in [2.75, 3.05) is 0 Å². The van der Waals surface area contributed by atoms with Gasteiger partial charge in [0.1, 0.15) is 0 Å². The molecule has 1 amide bonds.